The fraction of sp³-hybridized carbons (Fsp3) is 0.125. The highest BCUT2D eigenvalue weighted by Crippen LogP contribution is 2.36. The van der Waals surface area contributed by atoms with Gasteiger partial charge in [0.25, 0.3) is 5.91 Å². The van der Waals surface area contributed by atoms with E-state index in [0.717, 1.165) is 4.70 Å². The normalized spacial score (nSPS) is 10.6. The van der Waals surface area contributed by atoms with Crippen molar-refractivity contribution in [2.45, 2.75) is 0 Å². The maximum Gasteiger partial charge on any atom is 0.257 e. The molecule has 2 aromatic carbocycles. The van der Waals surface area contributed by atoms with Crippen LogP contribution in [0.25, 0.3) is 10.2 Å². The van der Waals surface area contributed by atoms with Crippen LogP contribution in [0.3, 0.4) is 0 Å². The van der Waals surface area contributed by atoms with E-state index >= 15 is 0 Å². The molecule has 0 fully saturated rings. The van der Waals surface area contributed by atoms with Crippen LogP contribution >= 0.6 is 11.3 Å². The Hall–Kier alpha value is -2.67. The molecule has 0 saturated carbocycles. The van der Waals surface area contributed by atoms with Gasteiger partial charge in [0, 0.05) is 17.7 Å². The van der Waals surface area contributed by atoms with Crippen LogP contribution in [0.1, 0.15) is 10.4 Å². The van der Waals surface area contributed by atoms with E-state index in [4.69, 9.17) is 9.47 Å². The molecular weight excluding hydrogens is 319 g/mol. The molecule has 0 spiro atoms. The first-order valence-electron chi connectivity index (χ1n) is 6.70. The van der Waals surface area contributed by atoms with Gasteiger partial charge in [0.2, 0.25) is 0 Å². The predicted octanol–water partition coefficient (Wildman–Crippen LogP) is 3.70. The van der Waals surface area contributed by atoms with E-state index < -0.39 is 0 Å². The molecule has 0 bridgehead atoms. The van der Waals surface area contributed by atoms with Gasteiger partial charge in [0.15, 0.2) is 16.6 Å². The van der Waals surface area contributed by atoms with Gasteiger partial charge in [-0.2, -0.15) is 0 Å². The standard InChI is InChI=1S/C16H13FN2O3S/c1-21-12-7-11-14(8-13(12)22-2)23-16(18-11)19-15(20)9-3-5-10(17)6-4-9/h3-8H,1-2H3,(H,18,19,20). The van der Waals surface area contributed by atoms with Crippen LogP contribution in [0.4, 0.5) is 9.52 Å². The number of hydrogen-bond acceptors (Lipinski definition) is 5. The summed E-state index contributed by atoms with van der Waals surface area (Å²) in [5.74, 6) is 0.436. The number of hydrogen-bond donors (Lipinski definition) is 1. The van der Waals surface area contributed by atoms with Gasteiger partial charge in [-0.25, -0.2) is 9.37 Å². The third-order valence-corrected chi connectivity index (χ3v) is 4.15. The maximum absolute atomic E-state index is 12.9. The number of nitrogens with zero attached hydrogens (tertiary/aromatic N) is 1. The van der Waals surface area contributed by atoms with E-state index in [0.29, 0.717) is 27.7 Å². The summed E-state index contributed by atoms with van der Waals surface area (Å²) in [7, 11) is 3.11. The summed E-state index contributed by atoms with van der Waals surface area (Å²) >= 11 is 1.32. The predicted molar refractivity (Wildman–Crippen MR) is 87.1 cm³/mol. The minimum Gasteiger partial charge on any atom is -0.493 e. The van der Waals surface area contributed by atoms with Crippen molar-refractivity contribution >= 4 is 32.6 Å². The Labute approximate surface area is 135 Å². The van der Waals surface area contributed by atoms with Gasteiger partial charge in [-0.05, 0) is 24.3 Å². The van der Waals surface area contributed by atoms with E-state index in [1.165, 1.54) is 35.6 Å². The number of aromatic nitrogens is 1. The third-order valence-electron chi connectivity index (χ3n) is 3.22. The highest BCUT2D eigenvalue weighted by Gasteiger charge is 2.13. The molecule has 1 aromatic heterocycles. The molecule has 3 aromatic rings. The summed E-state index contributed by atoms with van der Waals surface area (Å²) in [6, 6.07) is 8.87. The van der Waals surface area contributed by atoms with E-state index in [1.54, 1.807) is 26.4 Å². The summed E-state index contributed by atoms with van der Waals surface area (Å²) < 4.78 is 24.2. The molecule has 0 aliphatic carbocycles. The zero-order chi connectivity index (χ0) is 16.4. The van der Waals surface area contributed by atoms with Crippen LogP contribution < -0.4 is 14.8 Å². The Bertz CT molecular complexity index is 821. The van der Waals surface area contributed by atoms with Crippen LogP contribution in [0.2, 0.25) is 0 Å². The second-order valence-corrected chi connectivity index (χ2v) is 5.69. The Morgan fingerprint density at radius 2 is 1.78 bits per heavy atom. The second kappa shape index (κ2) is 6.21. The molecule has 5 nitrogen and oxygen atoms in total. The van der Waals surface area contributed by atoms with Crippen LogP contribution in [0, 0.1) is 5.82 Å². The average Bonchev–Trinajstić information content (AvgIpc) is 2.94. The fourth-order valence-corrected chi connectivity index (χ4v) is 2.95. The minimum atomic E-state index is -0.388. The fourth-order valence-electron chi connectivity index (χ4n) is 2.08. The number of nitrogens with one attached hydrogen (secondary N) is 1. The van der Waals surface area contributed by atoms with Crippen molar-refractivity contribution in [1.29, 1.82) is 0 Å². The number of ether oxygens (including phenoxy) is 2. The second-order valence-electron chi connectivity index (χ2n) is 4.65. The number of methoxy groups -OCH3 is 2. The van der Waals surface area contributed by atoms with Crippen LogP contribution in [-0.4, -0.2) is 25.1 Å². The van der Waals surface area contributed by atoms with Crippen molar-refractivity contribution in [2.75, 3.05) is 19.5 Å². The molecule has 118 valence electrons. The highest BCUT2D eigenvalue weighted by molar-refractivity contribution is 7.22. The zero-order valence-electron chi connectivity index (χ0n) is 12.4. The largest absolute Gasteiger partial charge is 0.493 e. The van der Waals surface area contributed by atoms with Gasteiger partial charge in [-0.15, -0.1) is 0 Å². The lowest BCUT2D eigenvalue weighted by Crippen LogP contribution is -2.11. The van der Waals surface area contributed by atoms with E-state index in [2.05, 4.69) is 10.3 Å². The summed E-state index contributed by atoms with van der Waals surface area (Å²) in [4.78, 5) is 16.5. The minimum absolute atomic E-state index is 0.344. The van der Waals surface area contributed by atoms with E-state index in [1.807, 2.05) is 0 Å². The van der Waals surface area contributed by atoms with Crippen molar-refractivity contribution in [3.63, 3.8) is 0 Å². The highest BCUT2D eigenvalue weighted by atomic mass is 32.1. The monoisotopic (exact) mass is 332 g/mol. The number of amides is 1. The van der Waals surface area contributed by atoms with Crippen molar-refractivity contribution in [1.82, 2.24) is 4.98 Å². The van der Waals surface area contributed by atoms with Crippen molar-refractivity contribution < 1.29 is 18.7 Å². The Morgan fingerprint density at radius 1 is 1.13 bits per heavy atom. The molecule has 23 heavy (non-hydrogen) atoms. The Balaban J connectivity index is 1.88. The van der Waals surface area contributed by atoms with E-state index in [9.17, 15) is 9.18 Å². The van der Waals surface area contributed by atoms with Crippen molar-refractivity contribution in [3.8, 4) is 11.5 Å². The maximum atomic E-state index is 12.9. The molecule has 1 amide bonds. The molecule has 0 radical (unpaired) electrons. The first-order chi connectivity index (χ1) is 11.1. The topological polar surface area (TPSA) is 60.5 Å². The number of fused-ring (bicyclic) bond motifs is 1. The summed E-state index contributed by atoms with van der Waals surface area (Å²) in [5.41, 5.74) is 1.06. The van der Waals surface area contributed by atoms with Gasteiger partial charge in [0.05, 0.1) is 24.4 Å². The summed E-state index contributed by atoms with van der Waals surface area (Å²) in [6.45, 7) is 0. The molecule has 0 aliphatic rings. The summed E-state index contributed by atoms with van der Waals surface area (Å²) in [5, 5.41) is 3.16. The lowest BCUT2D eigenvalue weighted by Gasteiger charge is -2.05. The third kappa shape index (κ3) is 3.09. The molecule has 1 N–H and O–H groups in total. The van der Waals surface area contributed by atoms with Crippen LogP contribution in [0.5, 0.6) is 11.5 Å². The first-order valence-corrected chi connectivity index (χ1v) is 7.52. The quantitative estimate of drug-likeness (QED) is 0.791. The molecular formula is C16H13FN2O3S. The van der Waals surface area contributed by atoms with Crippen molar-refractivity contribution in [2.24, 2.45) is 0 Å². The number of benzene rings is 2. The molecule has 0 aliphatic heterocycles. The van der Waals surface area contributed by atoms with Crippen LogP contribution in [0.15, 0.2) is 36.4 Å². The number of rotatable bonds is 4. The average molecular weight is 332 g/mol. The number of thiazole rings is 1. The lowest BCUT2D eigenvalue weighted by atomic mass is 10.2. The Kier molecular flexibility index (Phi) is 4.12. The van der Waals surface area contributed by atoms with Gasteiger partial charge in [-0.3, -0.25) is 10.1 Å². The van der Waals surface area contributed by atoms with Gasteiger partial charge in [-0.1, -0.05) is 11.3 Å². The molecule has 0 saturated heterocycles. The molecule has 7 heteroatoms. The molecule has 0 atom stereocenters. The number of halogens is 1. The molecule has 3 rings (SSSR count). The molecule has 1 heterocycles. The van der Waals surface area contributed by atoms with Crippen LogP contribution in [-0.2, 0) is 0 Å². The lowest BCUT2D eigenvalue weighted by molar-refractivity contribution is 0.102. The number of anilines is 1. The number of carbonyl (C=O) groups is 1. The first kappa shape index (κ1) is 15.2. The number of carbonyl (C=O) groups excluding carboxylic acids is 1. The summed E-state index contributed by atoms with van der Waals surface area (Å²) in [6.07, 6.45) is 0. The smallest absolute Gasteiger partial charge is 0.257 e. The molecule has 0 unspecified atom stereocenters. The van der Waals surface area contributed by atoms with Gasteiger partial charge < -0.3 is 9.47 Å². The Morgan fingerprint density at radius 3 is 2.43 bits per heavy atom. The van der Waals surface area contributed by atoms with Crippen molar-refractivity contribution in [3.05, 3.63) is 47.8 Å². The van der Waals surface area contributed by atoms with Gasteiger partial charge in [0.1, 0.15) is 5.82 Å². The zero-order valence-corrected chi connectivity index (χ0v) is 13.2. The van der Waals surface area contributed by atoms with E-state index in [-0.39, 0.29) is 11.7 Å². The SMILES string of the molecule is COc1cc2nc(NC(=O)c3ccc(F)cc3)sc2cc1OC. The van der Waals surface area contributed by atoms with Gasteiger partial charge >= 0.3 is 0 Å².